The van der Waals surface area contributed by atoms with Crippen LogP contribution in [0.1, 0.15) is 34.8 Å². The number of carboxylic acids is 1. The van der Waals surface area contributed by atoms with Crippen LogP contribution in [0.4, 0.5) is 4.39 Å². The number of benzene rings is 1. The highest BCUT2D eigenvalue weighted by Gasteiger charge is 2.29. The van der Waals surface area contributed by atoms with Gasteiger partial charge in [-0.2, -0.15) is 0 Å². The molecule has 0 atom stereocenters. The second-order valence-electron chi connectivity index (χ2n) is 5.23. The van der Waals surface area contributed by atoms with E-state index < -0.39 is 17.2 Å². The summed E-state index contributed by atoms with van der Waals surface area (Å²) in [5.74, 6) is -1.61. The first kappa shape index (κ1) is 13.6. The molecule has 0 radical (unpaired) electrons. The number of ether oxygens (including phenoxy) is 1. The van der Waals surface area contributed by atoms with Crippen molar-refractivity contribution in [3.05, 3.63) is 39.4 Å². The number of fused-ring (bicyclic) bond motifs is 1. The molecular formula is C15H14FNO4. The third-order valence-corrected chi connectivity index (χ3v) is 3.83. The van der Waals surface area contributed by atoms with Gasteiger partial charge < -0.3 is 14.4 Å². The molecule has 1 fully saturated rings. The first-order valence-corrected chi connectivity index (χ1v) is 6.61. The Balaban J connectivity index is 2.52. The first-order valence-electron chi connectivity index (χ1n) is 6.61. The zero-order chi connectivity index (χ0) is 15.3. The van der Waals surface area contributed by atoms with Crippen molar-refractivity contribution in [2.75, 3.05) is 7.11 Å². The predicted octanol–water partition coefficient (Wildman–Crippen LogP) is 2.49. The van der Waals surface area contributed by atoms with E-state index in [1.165, 1.54) is 13.3 Å². The summed E-state index contributed by atoms with van der Waals surface area (Å²) < 4.78 is 21.0. The fourth-order valence-corrected chi connectivity index (χ4v) is 2.59. The molecule has 5 nitrogen and oxygen atoms in total. The molecule has 3 rings (SSSR count). The van der Waals surface area contributed by atoms with Gasteiger partial charge in [0.1, 0.15) is 17.1 Å². The number of rotatable bonds is 3. The van der Waals surface area contributed by atoms with Crippen molar-refractivity contribution < 1.29 is 19.0 Å². The number of hydrogen-bond donors (Lipinski definition) is 1. The van der Waals surface area contributed by atoms with Crippen LogP contribution in [0.15, 0.2) is 17.1 Å². The quantitative estimate of drug-likeness (QED) is 0.943. The maximum Gasteiger partial charge on any atom is 0.341 e. The van der Waals surface area contributed by atoms with Crippen LogP contribution in [-0.4, -0.2) is 22.8 Å². The van der Waals surface area contributed by atoms with Gasteiger partial charge in [-0.15, -0.1) is 0 Å². The highest BCUT2D eigenvalue weighted by molar-refractivity contribution is 5.95. The fourth-order valence-electron chi connectivity index (χ4n) is 2.59. The van der Waals surface area contributed by atoms with Gasteiger partial charge in [0.05, 0.1) is 18.0 Å². The van der Waals surface area contributed by atoms with Gasteiger partial charge in [-0.3, -0.25) is 4.79 Å². The van der Waals surface area contributed by atoms with Crippen molar-refractivity contribution in [3.63, 3.8) is 0 Å². The fraction of sp³-hybridized carbons (Fsp3) is 0.333. The van der Waals surface area contributed by atoms with E-state index in [2.05, 4.69) is 0 Å². The van der Waals surface area contributed by atoms with Gasteiger partial charge in [-0.1, -0.05) is 0 Å². The van der Waals surface area contributed by atoms with E-state index >= 15 is 0 Å². The molecule has 1 aromatic carbocycles. The van der Waals surface area contributed by atoms with Crippen LogP contribution in [0.3, 0.4) is 0 Å². The van der Waals surface area contributed by atoms with E-state index in [1.54, 1.807) is 11.5 Å². The van der Waals surface area contributed by atoms with E-state index in [0.29, 0.717) is 11.1 Å². The molecule has 21 heavy (non-hydrogen) atoms. The maximum atomic E-state index is 14.0. The number of nitrogens with zero attached hydrogens (tertiary/aromatic N) is 1. The normalized spacial score (nSPS) is 14.4. The molecular weight excluding hydrogens is 277 g/mol. The molecule has 0 aliphatic heterocycles. The molecule has 0 amide bonds. The molecule has 1 N–H and O–H groups in total. The number of aromatic carboxylic acids is 1. The topological polar surface area (TPSA) is 68.5 Å². The average molecular weight is 291 g/mol. The van der Waals surface area contributed by atoms with E-state index in [1.807, 2.05) is 0 Å². The lowest BCUT2D eigenvalue weighted by Crippen LogP contribution is -2.19. The van der Waals surface area contributed by atoms with Gasteiger partial charge >= 0.3 is 5.97 Å². The molecule has 1 aromatic heterocycles. The summed E-state index contributed by atoms with van der Waals surface area (Å²) >= 11 is 0. The molecule has 1 aliphatic rings. The van der Waals surface area contributed by atoms with Gasteiger partial charge in [-0.05, 0) is 25.8 Å². The molecule has 1 aliphatic carbocycles. The number of halogens is 1. The Morgan fingerprint density at radius 3 is 2.67 bits per heavy atom. The minimum Gasteiger partial charge on any atom is -0.494 e. The number of carbonyl (C=O) groups is 1. The van der Waals surface area contributed by atoms with Gasteiger partial charge in [0.25, 0.3) is 0 Å². The van der Waals surface area contributed by atoms with Crippen molar-refractivity contribution in [3.8, 4) is 5.75 Å². The highest BCUT2D eigenvalue weighted by Crippen LogP contribution is 2.40. The number of methoxy groups -OCH3 is 1. The average Bonchev–Trinajstić information content (AvgIpc) is 3.26. The molecule has 0 spiro atoms. The minimum atomic E-state index is -1.31. The van der Waals surface area contributed by atoms with Crippen LogP contribution in [0.5, 0.6) is 5.75 Å². The van der Waals surface area contributed by atoms with Crippen molar-refractivity contribution in [1.29, 1.82) is 0 Å². The third kappa shape index (κ3) is 1.98. The number of aromatic nitrogens is 1. The Labute approximate surface area is 119 Å². The molecule has 1 saturated carbocycles. The maximum absolute atomic E-state index is 14.0. The summed E-state index contributed by atoms with van der Waals surface area (Å²) in [6.45, 7) is 1.57. The van der Waals surface area contributed by atoms with E-state index in [4.69, 9.17) is 9.84 Å². The Hall–Kier alpha value is -2.37. The second-order valence-corrected chi connectivity index (χ2v) is 5.23. The third-order valence-electron chi connectivity index (χ3n) is 3.83. The van der Waals surface area contributed by atoms with Crippen molar-refractivity contribution >= 4 is 16.9 Å². The summed E-state index contributed by atoms with van der Waals surface area (Å²) in [5, 5.41) is 9.21. The molecule has 110 valence electrons. The number of carboxylic acid groups (broad SMARTS) is 1. The molecule has 1 heterocycles. The van der Waals surface area contributed by atoms with Crippen molar-refractivity contribution in [2.24, 2.45) is 0 Å². The molecule has 0 unspecified atom stereocenters. The van der Waals surface area contributed by atoms with Gasteiger partial charge in [0, 0.05) is 17.8 Å². The minimum absolute atomic E-state index is 0.0433. The smallest absolute Gasteiger partial charge is 0.341 e. The van der Waals surface area contributed by atoms with Crippen LogP contribution in [0, 0.1) is 12.7 Å². The van der Waals surface area contributed by atoms with Crippen LogP contribution < -0.4 is 10.2 Å². The Morgan fingerprint density at radius 1 is 1.48 bits per heavy atom. The first-order chi connectivity index (χ1) is 9.95. The zero-order valence-electron chi connectivity index (χ0n) is 11.6. The number of pyridine rings is 1. The van der Waals surface area contributed by atoms with Crippen molar-refractivity contribution in [1.82, 2.24) is 4.57 Å². The van der Waals surface area contributed by atoms with Gasteiger partial charge in [-0.25, -0.2) is 9.18 Å². The molecule has 0 saturated heterocycles. The van der Waals surface area contributed by atoms with Gasteiger partial charge in [0.2, 0.25) is 5.43 Å². The number of hydrogen-bond acceptors (Lipinski definition) is 3. The molecule has 6 heteroatoms. The standard InChI is InChI=1S/C15H14FNO4/c1-7-11(16)5-9-12(14(7)21-2)17(8-3-4-8)6-10(13(9)18)15(19)20/h5-6,8H,3-4H2,1-2H3,(H,19,20). The monoisotopic (exact) mass is 291 g/mol. The largest absolute Gasteiger partial charge is 0.494 e. The van der Waals surface area contributed by atoms with E-state index in [0.717, 1.165) is 18.9 Å². The molecule has 2 aromatic rings. The lowest BCUT2D eigenvalue weighted by molar-refractivity contribution is 0.0695. The Morgan fingerprint density at radius 2 is 2.14 bits per heavy atom. The zero-order valence-corrected chi connectivity index (χ0v) is 11.6. The summed E-state index contributed by atoms with van der Waals surface area (Å²) in [4.78, 5) is 23.5. The summed E-state index contributed by atoms with van der Waals surface area (Å²) in [6.07, 6.45) is 3.14. The lowest BCUT2D eigenvalue weighted by atomic mass is 10.1. The highest BCUT2D eigenvalue weighted by atomic mass is 19.1. The van der Waals surface area contributed by atoms with Crippen LogP contribution in [0.25, 0.3) is 10.9 Å². The molecule has 0 bridgehead atoms. The van der Waals surface area contributed by atoms with Crippen LogP contribution >= 0.6 is 0 Å². The second kappa shape index (κ2) is 4.58. The van der Waals surface area contributed by atoms with E-state index in [9.17, 15) is 14.0 Å². The SMILES string of the molecule is COc1c(C)c(F)cc2c(=O)c(C(=O)O)cn(C3CC3)c12. The Bertz CT molecular complexity index is 821. The van der Waals surface area contributed by atoms with Crippen LogP contribution in [-0.2, 0) is 0 Å². The van der Waals surface area contributed by atoms with Crippen LogP contribution in [0.2, 0.25) is 0 Å². The predicted molar refractivity (Wildman–Crippen MR) is 74.7 cm³/mol. The summed E-state index contributed by atoms with van der Waals surface area (Å²) in [7, 11) is 1.41. The summed E-state index contributed by atoms with van der Waals surface area (Å²) in [5.41, 5.74) is -0.262. The van der Waals surface area contributed by atoms with E-state index in [-0.39, 0.29) is 22.7 Å². The van der Waals surface area contributed by atoms with Gasteiger partial charge in [0.15, 0.2) is 0 Å². The van der Waals surface area contributed by atoms with Crippen molar-refractivity contribution in [2.45, 2.75) is 25.8 Å². The lowest BCUT2D eigenvalue weighted by Gasteiger charge is -2.16. The summed E-state index contributed by atoms with van der Waals surface area (Å²) in [6, 6.07) is 1.23. The Kier molecular flexibility index (Phi) is 2.97.